The Balaban J connectivity index is 1.55. The van der Waals surface area contributed by atoms with Gasteiger partial charge in [-0.2, -0.15) is 13.2 Å². The predicted molar refractivity (Wildman–Crippen MR) is 107 cm³/mol. The van der Waals surface area contributed by atoms with Crippen molar-refractivity contribution in [1.29, 1.82) is 0 Å². The van der Waals surface area contributed by atoms with E-state index in [0.717, 1.165) is 18.6 Å². The lowest BCUT2D eigenvalue weighted by Crippen LogP contribution is -2.55. The minimum atomic E-state index is -4.41. The molecule has 0 saturated carbocycles. The first-order chi connectivity index (χ1) is 13.6. The molecule has 9 heteroatoms. The maximum absolute atomic E-state index is 12.7. The van der Waals surface area contributed by atoms with Crippen molar-refractivity contribution in [2.75, 3.05) is 18.8 Å². The second-order valence-corrected chi connectivity index (χ2v) is 9.09. The average Bonchev–Trinajstić information content (AvgIpc) is 3.11. The summed E-state index contributed by atoms with van der Waals surface area (Å²) in [5, 5.41) is 6.44. The van der Waals surface area contributed by atoms with Gasteiger partial charge < -0.3 is 10.2 Å². The van der Waals surface area contributed by atoms with E-state index in [1.807, 2.05) is 13.8 Å². The van der Waals surface area contributed by atoms with E-state index in [1.165, 1.54) is 12.1 Å². The summed E-state index contributed by atoms with van der Waals surface area (Å²) in [6.07, 6.45) is -2.16. The Morgan fingerprint density at radius 1 is 1.28 bits per heavy atom. The molecule has 0 aliphatic carbocycles. The maximum atomic E-state index is 12.7. The van der Waals surface area contributed by atoms with Gasteiger partial charge in [0.05, 0.1) is 16.5 Å². The van der Waals surface area contributed by atoms with E-state index in [9.17, 15) is 22.8 Å². The first kappa shape index (κ1) is 22.0. The Bertz CT molecular complexity index is 746. The van der Waals surface area contributed by atoms with Gasteiger partial charge in [0.25, 0.3) is 5.91 Å². The van der Waals surface area contributed by atoms with Crippen molar-refractivity contribution in [3.63, 3.8) is 0 Å². The molecule has 2 N–H and O–H groups in total. The number of thioether (sulfide) groups is 1. The second kappa shape index (κ2) is 8.55. The third-order valence-electron chi connectivity index (χ3n) is 5.60. The summed E-state index contributed by atoms with van der Waals surface area (Å²) in [5.74, 6) is 0.435. The molecule has 2 saturated heterocycles. The summed E-state index contributed by atoms with van der Waals surface area (Å²) in [6, 6.07) is 4.22. The third kappa shape index (κ3) is 5.06. The molecule has 2 amide bonds. The molecule has 3 rings (SSSR count). The van der Waals surface area contributed by atoms with Gasteiger partial charge >= 0.3 is 6.18 Å². The number of alkyl halides is 3. The summed E-state index contributed by atoms with van der Waals surface area (Å²) in [4.78, 5) is 26.5. The Kier molecular flexibility index (Phi) is 6.48. The van der Waals surface area contributed by atoms with Crippen LogP contribution in [-0.4, -0.2) is 52.5 Å². The lowest BCUT2D eigenvalue weighted by molar-refractivity contribution is -0.137. The number of hydrogen-bond acceptors (Lipinski definition) is 4. The van der Waals surface area contributed by atoms with Crippen molar-refractivity contribution in [2.24, 2.45) is 0 Å². The highest BCUT2D eigenvalue weighted by molar-refractivity contribution is 8.01. The zero-order valence-corrected chi connectivity index (χ0v) is 17.3. The zero-order valence-electron chi connectivity index (χ0n) is 16.5. The molecule has 2 unspecified atom stereocenters. The maximum Gasteiger partial charge on any atom is 0.416 e. The summed E-state index contributed by atoms with van der Waals surface area (Å²) >= 11 is 1.72. The topological polar surface area (TPSA) is 61.4 Å². The van der Waals surface area contributed by atoms with E-state index < -0.39 is 11.7 Å². The Hall–Kier alpha value is -1.74. The normalized spacial score (nSPS) is 22.5. The molecule has 2 aliphatic rings. The highest BCUT2D eigenvalue weighted by Gasteiger charge is 2.44. The molecule has 1 aromatic carbocycles. The monoisotopic (exact) mass is 429 g/mol. The van der Waals surface area contributed by atoms with Crippen molar-refractivity contribution in [1.82, 2.24) is 15.5 Å². The number of amides is 2. The van der Waals surface area contributed by atoms with Crippen LogP contribution in [0.3, 0.4) is 0 Å². The van der Waals surface area contributed by atoms with Crippen LogP contribution in [0.2, 0.25) is 0 Å². The molecule has 0 radical (unpaired) electrons. The molecule has 0 bridgehead atoms. The van der Waals surface area contributed by atoms with Crippen LogP contribution in [0.1, 0.15) is 49.0 Å². The van der Waals surface area contributed by atoms with Crippen LogP contribution in [-0.2, 0) is 11.0 Å². The van der Waals surface area contributed by atoms with Gasteiger partial charge in [0.2, 0.25) is 5.91 Å². The summed E-state index contributed by atoms with van der Waals surface area (Å²) in [5.41, 5.74) is -0.508. The van der Waals surface area contributed by atoms with Crippen LogP contribution < -0.4 is 10.6 Å². The van der Waals surface area contributed by atoms with E-state index >= 15 is 0 Å². The van der Waals surface area contributed by atoms with Crippen molar-refractivity contribution in [2.45, 2.75) is 56.2 Å². The van der Waals surface area contributed by atoms with Crippen LogP contribution in [0, 0.1) is 0 Å². The lowest BCUT2D eigenvalue weighted by Gasteiger charge is -2.39. The Morgan fingerprint density at radius 3 is 2.45 bits per heavy atom. The number of rotatable bonds is 4. The second-order valence-electron chi connectivity index (χ2n) is 7.69. The van der Waals surface area contributed by atoms with E-state index in [1.54, 1.807) is 16.7 Å². The van der Waals surface area contributed by atoms with Crippen LogP contribution >= 0.6 is 11.8 Å². The number of piperidine rings is 1. The minimum absolute atomic E-state index is 0.00647. The number of benzene rings is 1. The van der Waals surface area contributed by atoms with Gasteiger partial charge in [-0.3, -0.25) is 14.9 Å². The SMILES string of the molecule is CCC(C)NC(=O)C1CSC2(CCN(C(=O)c3ccc(C(F)(F)F)cc3)CC2)N1. The molecule has 2 aliphatic heterocycles. The Labute approximate surface area is 172 Å². The van der Waals surface area contributed by atoms with E-state index in [4.69, 9.17) is 0 Å². The number of hydrogen-bond donors (Lipinski definition) is 2. The largest absolute Gasteiger partial charge is 0.416 e. The highest BCUT2D eigenvalue weighted by atomic mass is 32.2. The number of likely N-dealkylation sites (tertiary alicyclic amines) is 1. The third-order valence-corrected chi connectivity index (χ3v) is 7.18. The minimum Gasteiger partial charge on any atom is -0.352 e. The van der Waals surface area contributed by atoms with Crippen molar-refractivity contribution < 1.29 is 22.8 Å². The van der Waals surface area contributed by atoms with Gasteiger partial charge in [-0.05, 0) is 50.5 Å². The van der Waals surface area contributed by atoms with Gasteiger partial charge in [-0.25, -0.2) is 0 Å². The van der Waals surface area contributed by atoms with E-state index in [2.05, 4.69) is 10.6 Å². The fourth-order valence-electron chi connectivity index (χ4n) is 3.57. The van der Waals surface area contributed by atoms with Gasteiger partial charge in [-0.15, -0.1) is 11.8 Å². The lowest BCUT2D eigenvalue weighted by atomic mass is 10.0. The number of nitrogens with one attached hydrogen (secondary N) is 2. The van der Waals surface area contributed by atoms with E-state index in [0.29, 0.717) is 31.7 Å². The molecule has 2 fully saturated rings. The smallest absolute Gasteiger partial charge is 0.352 e. The average molecular weight is 430 g/mol. The van der Waals surface area contributed by atoms with Gasteiger partial charge in [0.15, 0.2) is 0 Å². The molecule has 1 aromatic rings. The molecule has 2 atom stereocenters. The van der Waals surface area contributed by atoms with Gasteiger partial charge in [0, 0.05) is 30.4 Å². The van der Waals surface area contributed by atoms with Gasteiger partial charge in [0.1, 0.15) is 0 Å². The van der Waals surface area contributed by atoms with Crippen molar-refractivity contribution in [3.05, 3.63) is 35.4 Å². The number of halogens is 3. The first-order valence-corrected chi connectivity index (χ1v) is 10.8. The van der Waals surface area contributed by atoms with Crippen LogP contribution in [0.5, 0.6) is 0 Å². The molecule has 1 spiro atoms. The molecule has 0 aromatic heterocycles. The highest BCUT2D eigenvalue weighted by Crippen LogP contribution is 2.39. The summed E-state index contributed by atoms with van der Waals surface area (Å²) in [6.45, 7) is 4.99. The van der Waals surface area contributed by atoms with Gasteiger partial charge in [-0.1, -0.05) is 6.92 Å². The van der Waals surface area contributed by atoms with Crippen LogP contribution in [0.4, 0.5) is 13.2 Å². The summed E-state index contributed by atoms with van der Waals surface area (Å²) < 4.78 is 38.1. The van der Waals surface area contributed by atoms with E-state index in [-0.39, 0.29) is 34.3 Å². The van der Waals surface area contributed by atoms with Crippen molar-refractivity contribution >= 4 is 23.6 Å². The van der Waals surface area contributed by atoms with Crippen LogP contribution in [0.15, 0.2) is 24.3 Å². The first-order valence-electron chi connectivity index (χ1n) is 9.82. The summed E-state index contributed by atoms with van der Waals surface area (Å²) in [7, 11) is 0. The molecule has 2 heterocycles. The molecular formula is C20H26F3N3O2S. The number of carbonyl (C=O) groups is 2. The zero-order chi connectivity index (χ0) is 21.2. The number of carbonyl (C=O) groups excluding carboxylic acids is 2. The fourth-order valence-corrected chi connectivity index (χ4v) is 4.99. The van der Waals surface area contributed by atoms with Crippen molar-refractivity contribution in [3.8, 4) is 0 Å². The molecule has 5 nitrogen and oxygen atoms in total. The quantitative estimate of drug-likeness (QED) is 0.771. The van der Waals surface area contributed by atoms with Crippen LogP contribution in [0.25, 0.3) is 0 Å². The predicted octanol–water partition coefficient (Wildman–Crippen LogP) is 3.26. The Morgan fingerprint density at radius 2 is 1.90 bits per heavy atom. The standard InChI is InChI=1S/C20H26F3N3O2S/c1-3-13(2)24-17(27)16-12-29-19(25-16)8-10-26(11-9-19)18(28)14-4-6-15(7-5-14)20(21,22)23/h4-7,13,16,25H,3,8-12H2,1-2H3,(H,24,27). The molecular weight excluding hydrogens is 403 g/mol. The fraction of sp³-hybridized carbons (Fsp3) is 0.600. The molecule has 160 valence electrons. The number of nitrogens with zero attached hydrogens (tertiary/aromatic N) is 1. The molecule has 29 heavy (non-hydrogen) atoms.